The van der Waals surface area contributed by atoms with Crippen molar-refractivity contribution in [2.75, 3.05) is 24.3 Å². The van der Waals surface area contributed by atoms with Gasteiger partial charge in [-0.2, -0.15) is 0 Å². The van der Waals surface area contributed by atoms with Gasteiger partial charge in [0.25, 0.3) is 5.91 Å². The van der Waals surface area contributed by atoms with E-state index >= 15 is 0 Å². The minimum atomic E-state index is -0.169. The van der Waals surface area contributed by atoms with Crippen LogP contribution in [0.5, 0.6) is 0 Å². The van der Waals surface area contributed by atoms with Crippen molar-refractivity contribution >= 4 is 28.6 Å². The summed E-state index contributed by atoms with van der Waals surface area (Å²) < 4.78 is 0. The van der Waals surface area contributed by atoms with E-state index in [2.05, 4.69) is 10.3 Å². The van der Waals surface area contributed by atoms with Gasteiger partial charge in [-0.3, -0.25) is 4.79 Å². The molecule has 5 heteroatoms. The Hall–Kier alpha value is -1.88. The first-order valence-corrected chi connectivity index (χ1v) is 6.03. The molecule has 0 spiro atoms. The molecular weight excluding hydrogens is 234 g/mol. The number of anilines is 2. The molecule has 0 aliphatic heterocycles. The van der Waals surface area contributed by atoms with Gasteiger partial charge in [0, 0.05) is 37.0 Å². The number of hydrogen-bond acceptors (Lipinski definition) is 4. The van der Waals surface area contributed by atoms with Gasteiger partial charge in [0.15, 0.2) is 5.01 Å². The Kier molecular flexibility index (Phi) is 3.39. The molecule has 2 rings (SSSR count). The Morgan fingerprint density at radius 2 is 2.00 bits per heavy atom. The maximum Gasteiger partial charge on any atom is 0.284 e. The minimum absolute atomic E-state index is 0.169. The van der Waals surface area contributed by atoms with Crippen LogP contribution in [0.25, 0.3) is 0 Å². The first-order valence-electron chi connectivity index (χ1n) is 5.15. The summed E-state index contributed by atoms with van der Waals surface area (Å²) in [6.07, 6.45) is 1.62. The zero-order valence-corrected chi connectivity index (χ0v) is 10.5. The first-order chi connectivity index (χ1) is 8.16. The second kappa shape index (κ2) is 4.97. The number of thiazole rings is 1. The van der Waals surface area contributed by atoms with Crippen molar-refractivity contribution in [3.8, 4) is 0 Å². The molecule has 1 N–H and O–H groups in total. The highest BCUT2D eigenvalue weighted by atomic mass is 32.1. The van der Waals surface area contributed by atoms with Crippen LogP contribution in [-0.2, 0) is 0 Å². The molecular formula is C12H13N3OS. The highest BCUT2D eigenvalue weighted by Gasteiger charge is 2.08. The second-order valence-corrected chi connectivity index (χ2v) is 4.63. The number of aromatic nitrogens is 1. The number of carbonyl (C=O) groups excluding carboxylic acids is 1. The van der Waals surface area contributed by atoms with E-state index in [9.17, 15) is 4.79 Å². The summed E-state index contributed by atoms with van der Waals surface area (Å²) in [5.41, 5.74) is 1.87. The molecule has 0 aliphatic rings. The standard InChI is InChI=1S/C12H13N3OS/c1-15(2)10-5-3-9(4-6-10)14-11(16)12-13-7-8-17-12/h3-8H,1-2H3,(H,14,16). The lowest BCUT2D eigenvalue weighted by Crippen LogP contribution is -2.12. The van der Waals surface area contributed by atoms with Crippen LogP contribution in [0.2, 0.25) is 0 Å². The smallest absolute Gasteiger partial charge is 0.284 e. The molecule has 1 aromatic heterocycles. The second-order valence-electron chi connectivity index (χ2n) is 3.73. The van der Waals surface area contributed by atoms with E-state index in [1.807, 2.05) is 43.3 Å². The SMILES string of the molecule is CN(C)c1ccc(NC(=O)c2nccs2)cc1. The van der Waals surface area contributed by atoms with Gasteiger partial charge >= 0.3 is 0 Å². The first kappa shape index (κ1) is 11.6. The fraction of sp³-hybridized carbons (Fsp3) is 0.167. The number of nitrogens with one attached hydrogen (secondary N) is 1. The zero-order chi connectivity index (χ0) is 12.3. The van der Waals surface area contributed by atoms with Gasteiger partial charge in [-0.15, -0.1) is 11.3 Å². The third-order valence-electron chi connectivity index (χ3n) is 2.27. The number of nitrogens with zero attached hydrogens (tertiary/aromatic N) is 2. The third-order valence-corrected chi connectivity index (χ3v) is 3.04. The molecule has 2 aromatic rings. The summed E-state index contributed by atoms with van der Waals surface area (Å²) in [4.78, 5) is 17.7. The molecule has 88 valence electrons. The van der Waals surface area contributed by atoms with Crippen LogP contribution in [0, 0.1) is 0 Å². The van der Waals surface area contributed by atoms with Crippen LogP contribution in [0.3, 0.4) is 0 Å². The highest BCUT2D eigenvalue weighted by Crippen LogP contribution is 2.16. The summed E-state index contributed by atoms with van der Waals surface area (Å²) in [6, 6.07) is 7.66. The average molecular weight is 247 g/mol. The van der Waals surface area contributed by atoms with Gasteiger partial charge < -0.3 is 10.2 Å². The van der Waals surface area contributed by atoms with Crippen LogP contribution in [0.4, 0.5) is 11.4 Å². The van der Waals surface area contributed by atoms with Crippen molar-refractivity contribution < 1.29 is 4.79 Å². The van der Waals surface area contributed by atoms with Crippen LogP contribution in [0.1, 0.15) is 9.80 Å². The predicted octanol–water partition coefficient (Wildman–Crippen LogP) is 2.46. The molecule has 0 radical (unpaired) electrons. The molecule has 0 fully saturated rings. The number of hydrogen-bond donors (Lipinski definition) is 1. The monoisotopic (exact) mass is 247 g/mol. The third kappa shape index (κ3) is 2.82. The average Bonchev–Trinajstić information content (AvgIpc) is 2.83. The van der Waals surface area contributed by atoms with Crippen molar-refractivity contribution in [1.29, 1.82) is 0 Å². The van der Waals surface area contributed by atoms with Gasteiger partial charge in [-0.05, 0) is 24.3 Å². The van der Waals surface area contributed by atoms with E-state index in [0.29, 0.717) is 5.01 Å². The molecule has 0 saturated carbocycles. The van der Waals surface area contributed by atoms with Crippen molar-refractivity contribution in [3.05, 3.63) is 40.8 Å². The van der Waals surface area contributed by atoms with Crippen molar-refractivity contribution in [1.82, 2.24) is 4.98 Å². The number of rotatable bonds is 3. The summed E-state index contributed by atoms with van der Waals surface area (Å²) >= 11 is 1.33. The van der Waals surface area contributed by atoms with Crippen molar-refractivity contribution in [3.63, 3.8) is 0 Å². The van der Waals surface area contributed by atoms with Gasteiger partial charge in [0.2, 0.25) is 0 Å². The molecule has 4 nitrogen and oxygen atoms in total. The van der Waals surface area contributed by atoms with Crippen molar-refractivity contribution in [2.24, 2.45) is 0 Å². The van der Waals surface area contributed by atoms with Crippen LogP contribution < -0.4 is 10.2 Å². The molecule has 0 saturated heterocycles. The summed E-state index contributed by atoms with van der Waals surface area (Å²) in [6.45, 7) is 0. The lowest BCUT2D eigenvalue weighted by molar-refractivity contribution is 0.102. The van der Waals surface area contributed by atoms with Crippen LogP contribution in [-0.4, -0.2) is 25.0 Å². The molecule has 17 heavy (non-hydrogen) atoms. The Balaban J connectivity index is 2.07. The van der Waals surface area contributed by atoms with Gasteiger partial charge in [-0.1, -0.05) is 0 Å². The maximum atomic E-state index is 11.7. The van der Waals surface area contributed by atoms with E-state index in [1.165, 1.54) is 11.3 Å². The van der Waals surface area contributed by atoms with Gasteiger partial charge in [0.05, 0.1) is 0 Å². The number of carbonyl (C=O) groups is 1. The molecule has 1 heterocycles. The van der Waals surface area contributed by atoms with E-state index in [1.54, 1.807) is 11.6 Å². The summed E-state index contributed by atoms with van der Waals surface area (Å²) in [5.74, 6) is -0.169. The van der Waals surface area contributed by atoms with Crippen molar-refractivity contribution in [2.45, 2.75) is 0 Å². The Morgan fingerprint density at radius 1 is 1.29 bits per heavy atom. The quantitative estimate of drug-likeness (QED) is 0.906. The van der Waals surface area contributed by atoms with Gasteiger partial charge in [0.1, 0.15) is 0 Å². The van der Waals surface area contributed by atoms with Crippen LogP contribution in [0.15, 0.2) is 35.8 Å². The lowest BCUT2D eigenvalue weighted by atomic mass is 10.2. The fourth-order valence-electron chi connectivity index (χ4n) is 1.36. The molecule has 0 atom stereocenters. The van der Waals surface area contributed by atoms with E-state index in [0.717, 1.165) is 11.4 Å². The van der Waals surface area contributed by atoms with Gasteiger partial charge in [-0.25, -0.2) is 4.98 Å². The zero-order valence-electron chi connectivity index (χ0n) is 9.68. The highest BCUT2D eigenvalue weighted by molar-refractivity contribution is 7.11. The fourth-order valence-corrected chi connectivity index (χ4v) is 1.89. The topological polar surface area (TPSA) is 45.2 Å². The summed E-state index contributed by atoms with van der Waals surface area (Å²) in [7, 11) is 3.95. The molecule has 0 aliphatic carbocycles. The predicted molar refractivity (Wildman–Crippen MR) is 70.8 cm³/mol. The van der Waals surface area contributed by atoms with E-state index in [-0.39, 0.29) is 5.91 Å². The molecule has 1 amide bonds. The minimum Gasteiger partial charge on any atom is -0.378 e. The normalized spacial score (nSPS) is 10.0. The maximum absolute atomic E-state index is 11.7. The van der Waals surface area contributed by atoms with E-state index < -0.39 is 0 Å². The Bertz CT molecular complexity index is 491. The van der Waals surface area contributed by atoms with E-state index in [4.69, 9.17) is 0 Å². The molecule has 0 unspecified atom stereocenters. The Morgan fingerprint density at radius 3 is 2.53 bits per heavy atom. The molecule has 1 aromatic carbocycles. The largest absolute Gasteiger partial charge is 0.378 e. The Labute approximate surface area is 104 Å². The molecule has 0 bridgehead atoms. The number of amides is 1. The summed E-state index contributed by atoms with van der Waals surface area (Å²) in [5, 5.41) is 5.06. The van der Waals surface area contributed by atoms with Crippen LogP contribution >= 0.6 is 11.3 Å². The number of benzene rings is 1. The lowest BCUT2D eigenvalue weighted by Gasteiger charge is -2.12.